The maximum Gasteiger partial charge on any atom is 0.255 e. The van der Waals surface area contributed by atoms with Gasteiger partial charge in [0.05, 0.1) is 12.2 Å². The molecular formula is C19H23NO2. The molecule has 2 aromatic rings. The lowest BCUT2D eigenvalue weighted by Crippen LogP contribution is -2.26. The lowest BCUT2D eigenvalue weighted by Gasteiger charge is -2.11. The fourth-order valence-electron chi connectivity index (χ4n) is 2.17. The molecule has 0 aliphatic carbocycles. The van der Waals surface area contributed by atoms with Gasteiger partial charge in [0.1, 0.15) is 5.75 Å². The summed E-state index contributed by atoms with van der Waals surface area (Å²) in [7, 11) is 0. The van der Waals surface area contributed by atoms with Gasteiger partial charge in [-0.1, -0.05) is 55.8 Å². The number of carbonyl (C=O) groups is 1. The van der Waals surface area contributed by atoms with Crippen LogP contribution in [-0.2, 0) is 6.42 Å². The molecule has 0 saturated carbocycles. The molecule has 2 rings (SSSR count). The van der Waals surface area contributed by atoms with Crippen LogP contribution in [0.25, 0.3) is 0 Å². The van der Waals surface area contributed by atoms with Gasteiger partial charge >= 0.3 is 0 Å². The van der Waals surface area contributed by atoms with Crippen molar-refractivity contribution in [1.82, 2.24) is 5.32 Å². The second-order valence-corrected chi connectivity index (χ2v) is 5.19. The second kappa shape index (κ2) is 8.88. The highest BCUT2D eigenvalue weighted by Crippen LogP contribution is 2.18. The predicted molar refractivity (Wildman–Crippen MR) is 89.3 cm³/mol. The van der Waals surface area contributed by atoms with Crippen molar-refractivity contribution in [2.24, 2.45) is 0 Å². The number of benzene rings is 2. The van der Waals surface area contributed by atoms with Crippen molar-refractivity contribution in [3.8, 4) is 5.75 Å². The number of nitrogens with one attached hydrogen (secondary N) is 1. The Morgan fingerprint density at radius 2 is 1.77 bits per heavy atom. The largest absolute Gasteiger partial charge is 0.493 e. The summed E-state index contributed by atoms with van der Waals surface area (Å²) in [4.78, 5) is 12.3. The molecule has 0 aliphatic rings. The van der Waals surface area contributed by atoms with Crippen LogP contribution in [-0.4, -0.2) is 19.1 Å². The van der Waals surface area contributed by atoms with E-state index in [-0.39, 0.29) is 5.91 Å². The average molecular weight is 297 g/mol. The smallest absolute Gasteiger partial charge is 0.255 e. The number of hydrogen-bond acceptors (Lipinski definition) is 2. The molecule has 22 heavy (non-hydrogen) atoms. The zero-order valence-corrected chi connectivity index (χ0v) is 13.0. The third-order valence-electron chi connectivity index (χ3n) is 3.43. The van der Waals surface area contributed by atoms with Crippen LogP contribution in [0.3, 0.4) is 0 Å². The van der Waals surface area contributed by atoms with Crippen LogP contribution in [0.1, 0.15) is 35.7 Å². The molecule has 0 heterocycles. The summed E-state index contributed by atoms with van der Waals surface area (Å²) in [6.07, 6.45) is 2.89. The van der Waals surface area contributed by atoms with Gasteiger partial charge in [0.15, 0.2) is 0 Å². The standard InChI is InChI=1S/C19H23NO2/c1-2-3-15-22-18-12-8-7-11-17(18)19(21)20-14-13-16-9-5-4-6-10-16/h4-12H,2-3,13-15H2,1H3,(H,20,21). The maximum absolute atomic E-state index is 12.3. The first-order valence-corrected chi connectivity index (χ1v) is 7.85. The van der Waals surface area contributed by atoms with Gasteiger partial charge in [-0.2, -0.15) is 0 Å². The molecule has 116 valence electrons. The van der Waals surface area contributed by atoms with E-state index in [1.165, 1.54) is 5.56 Å². The predicted octanol–water partition coefficient (Wildman–Crippen LogP) is 3.84. The summed E-state index contributed by atoms with van der Waals surface area (Å²) in [5, 5.41) is 2.96. The molecule has 1 N–H and O–H groups in total. The lowest BCUT2D eigenvalue weighted by atomic mass is 10.1. The number of hydrogen-bond donors (Lipinski definition) is 1. The summed E-state index contributed by atoms with van der Waals surface area (Å²) in [5.74, 6) is 0.580. The van der Waals surface area contributed by atoms with E-state index in [1.54, 1.807) is 6.07 Å². The van der Waals surface area contributed by atoms with E-state index in [0.717, 1.165) is 19.3 Å². The molecule has 0 spiro atoms. The summed E-state index contributed by atoms with van der Waals surface area (Å²) < 4.78 is 5.70. The normalized spacial score (nSPS) is 10.2. The van der Waals surface area contributed by atoms with Crippen LogP contribution in [0.15, 0.2) is 54.6 Å². The molecule has 0 aliphatic heterocycles. The Morgan fingerprint density at radius 1 is 1.05 bits per heavy atom. The molecule has 1 amide bonds. The van der Waals surface area contributed by atoms with E-state index in [9.17, 15) is 4.79 Å². The number of unbranched alkanes of at least 4 members (excludes halogenated alkanes) is 1. The minimum absolute atomic E-state index is 0.0805. The summed E-state index contributed by atoms with van der Waals surface area (Å²) in [5.41, 5.74) is 1.82. The first-order chi connectivity index (χ1) is 10.8. The number of amides is 1. The molecule has 0 unspecified atom stereocenters. The van der Waals surface area contributed by atoms with Gasteiger partial charge in [0.2, 0.25) is 0 Å². The summed E-state index contributed by atoms with van der Waals surface area (Å²) in [6.45, 7) is 3.38. The monoisotopic (exact) mass is 297 g/mol. The van der Waals surface area contributed by atoms with E-state index in [4.69, 9.17) is 4.74 Å². The first kappa shape index (κ1) is 16.1. The van der Waals surface area contributed by atoms with E-state index < -0.39 is 0 Å². The zero-order valence-electron chi connectivity index (χ0n) is 13.0. The highest BCUT2D eigenvalue weighted by molar-refractivity contribution is 5.96. The van der Waals surface area contributed by atoms with Gasteiger partial charge in [-0.25, -0.2) is 0 Å². The Labute approximate surface area is 132 Å². The lowest BCUT2D eigenvalue weighted by molar-refractivity contribution is 0.0950. The quantitative estimate of drug-likeness (QED) is 0.752. The second-order valence-electron chi connectivity index (χ2n) is 5.19. The highest BCUT2D eigenvalue weighted by atomic mass is 16.5. The van der Waals surface area contributed by atoms with Gasteiger partial charge in [0.25, 0.3) is 5.91 Å². The Bertz CT molecular complexity index is 581. The molecule has 2 aromatic carbocycles. The van der Waals surface area contributed by atoms with Crippen molar-refractivity contribution in [1.29, 1.82) is 0 Å². The molecule has 0 fully saturated rings. The average Bonchev–Trinajstić information content (AvgIpc) is 2.56. The molecule has 0 atom stereocenters. The molecular weight excluding hydrogens is 274 g/mol. The summed E-state index contributed by atoms with van der Waals surface area (Å²) >= 11 is 0. The highest BCUT2D eigenvalue weighted by Gasteiger charge is 2.11. The van der Waals surface area contributed by atoms with E-state index >= 15 is 0 Å². The van der Waals surface area contributed by atoms with Crippen molar-refractivity contribution >= 4 is 5.91 Å². The van der Waals surface area contributed by atoms with Crippen molar-refractivity contribution in [3.05, 3.63) is 65.7 Å². The number of rotatable bonds is 8. The molecule has 3 nitrogen and oxygen atoms in total. The van der Waals surface area contributed by atoms with Crippen molar-refractivity contribution in [2.45, 2.75) is 26.2 Å². The fourth-order valence-corrected chi connectivity index (χ4v) is 2.17. The topological polar surface area (TPSA) is 38.3 Å². The van der Waals surface area contributed by atoms with Crippen LogP contribution in [0.4, 0.5) is 0 Å². The molecule has 0 saturated heterocycles. The Kier molecular flexibility index (Phi) is 6.49. The zero-order chi connectivity index (χ0) is 15.6. The van der Waals surface area contributed by atoms with Gasteiger partial charge in [-0.15, -0.1) is 0 Å². The van der Waals surface area contributed by atoms with Gasteiger partial charge in [-0.05, 0) is 30.5 Å². The molecule has 0 aromatic heterocycles. The van der Waals surface area contributed by atoms with Crippen molar-refractivity contribution < 1.29 is 9.53 Å². The van der Waals surface area contributed by atoms with Crippen molar-refractivity contribution in [3.63, 3.8) is 0 Å². The maximum atomic E-state index is 12.3. The van der Waals surface area contributed by atoms with Gasteiger partial charge in [-0.3, -0.25) is 4.79 Å². The number of carbonyl (C=O) groups excluding carboxylic acids is 1. The van der Waals surface area contributed by atoms with Gasteiger partial charge < -0.3 is 10.1 Å². The Morgan fingerprint density at radius 3 is 2.55 bits per heavy atom. The van der Waals surface area contributed by atoms with Crippen LogP contribution in [0.5, 0.6) is 5.75 Å². The Balaban J connectivity index is 1.89. The van der Waals surface area contributed by atoms with Crippen molar-refractivity contribution in [2.75, 3.05) is 13.2 Å². The molecule has 3 heteroatoms. The Hall–Kier alpha value is -2.29. The number of ether oxygens (including phenoxy) is 1. The van der Waals surface area contributed by atoms with Crippen LogP contribution >= 0.6 is 0 Å². The molecule has 0 radical (unpaired) electrons. The minimum atomic E-state index is -0.0805. The fraction of sp³-hybridized carbons (Fsp3) is 0.316. The SMILES string of the molecule is CCCCOc1ccccc1C(=O)NCCc1ccccc1. The third kappa shape index (κ3) is 4.92. The van der Waals surface area contributed by atoms with Crippen LogP contribution in [0, 0.1) is 0 Å². The minimum Gasteiger partial charge on any atom is -0.493 e. The third-order valence-corrected chi connectivity index (χ3v) is 3.43. The van der Waals surface area contributed by atoms with E-state index in [2.05, 4.69) is 24.4 Å². The van der Waals surface area contributed by atoms with E-state index in [1.807, 2.05) is 36.4 Å². The number of para-hydroxylation sites is 1. The van der Waals surface area contributed by atoms with Gasteiger partial charge in [0, 0.05) is 6.54 Å². The van der Waals surface area contributed by atoms with E-state index in [0.29, 0.717) is 24.5 Å². The van der Waals surface area contributed by atoms with Crippen LogP contribution < -0.4 is 10.1 Å². The summed E-state index contributed by atoms with van der Waals surface area (Å²) in [6, 6.07) is 17.5. The van der Waals surface area contributed by atoms with Crippen LogP contribution in [0.2, 0.25) is 0 Å². The first-order valence-electron chi connectivity index (χ1n) is 7.85. The molecule has 0 bridgehead atoms.